The quantitative estimate of drug-likeness (QED) is 0.193. The first-order chi connectivity index (χ1) is 23.8. The molecular weight excluding hydrogens is 607 g/mol. The Bertz CT molecular complexity index is 2740. The summed E-state index contributed by atoms with van der Waals surface area (Å²) < 4.78 is 7.97. The number of thiophene rings is 1. The number of hydrogen-bond acceptors (Lipinski definition) is 5. The first-order valence-electron chi connectivity index (χ1n) is 16.3. The zero-order chi connectivity index (χ0) is 31.6. The van der Waals surface area contributed by atoms with Crippen LogP contribution >= 0.6 is 11.3 Å². The van der Waals surface area contributed by atoms with Gasteiger partial charge in [-0.3, -0.25) is 0 Å². The lowest BCUT2D eigenvalue weighted by Crippen LogP contribution is -2.06. The zero-order valence-corrected chi connectivity index (χ0v) is 26.7. The standard InChI is InChI=1S/C43H27N3OS/c1-2-12-27(13-3-1)41-44-42(46-43(45-41)35-20-9-17-32-31-15-6-7-22-37(31)48-40(32)35)34-19-10-21-36-38(34)33-18-8-16-30(39(33)47-36)29-24-23-26-11-4-5-14-28(26)25-29/h1-8,10-16,18-25H,9,17H2. The predicted octanol–water partition coefficient (Wildman–Crippen LogP) is 11.5. The van der Waals surface area contributed by atoms with Gasteiger partial charge >= 0.3 is 0 Å². The summed E-state index contributed by atoms with van der Waals surface area (Å²) in [6.45, 7) is 0. The van der Waals surface area contributed by atoms with Crippen molar-refractivity contribution in [2.24, 2.45) is 0 Å². The van der Waals surface area contributed by atoms with Crippen molar-refractivity contribution in [3.8, 4) is 33.9 Å². The minimum absolute atomic E-state index is 0.636. The van der Waals surface area contributed by atoms with Gasteiger partial charge in [0.05, 0.1) is 0 Å². The second-order valence-corrected chi connectivity index (χ2v) is 13.3. The van der Waals surface area contributed by atoms with Crippen LogP contribution in [0.2, 0.25) is 0 Å². The molecule has 0 aliphatic heterocycles. The SMILES string of the molecule is C1=C(c2nc(-c3ccccc3)nc(-c3cccc4oc5c(-c6ccc7ccccc7c6)cccc5c34)n2)c2sc3ccccc3c2CC1. The molecule has 9 aromatic rings. The fraction of sp³-hybridized carbons (Fsp3) is 0.0465. The maximum atomic E-state index is 6.67. The smallest absolute Gasteiger partial charge is 0.165 e. The number of aromatic nitrogens is 3. The third-order valence-electron chi connectivity index (χ3n) is 9.42. The van der Waals surface area contributed by atoms with E-state index in [1.165, 1.54) is 31.3 Å². The minimum atomic E-state index is 0.636. The van der Waals surface area contributed by atoms with Crippen molar-refractivity contribution in [3.05, 3.63) is 156 Å². The number of furan rings is 1. The van der Waals surface area contributed by atoms with Crippen molar-refractivity contribution in [2.75, 3.05) is 0 Å². The highest BCUT2D eigenvalue weighted by molar-refractivity contribution is 7.20. The van der Waals surface area contributed by atoms with Crippen LogP contribution in [0.4, 0.5) is 0 Å². The molecule has 4 nitrogen and oxygen atoms in total. The molecule has 3 heterocycles. The van der Waals surface area contributed by atoms with Crippen LogP contribution in [0.5, 0.6) is 0 Å². The molecule has 1 aliphatic carbocycles. The van der Waals surface area contributed by atoms with Crippen LogP contribution in [0.25, 0.3) is 82.3 Å². The van der Waals surface area contributed by atoms with Crippen LogP contribution in [0.15, 0.2) is 144 Å². The Morgan fingerprint density at radius 1 is 0.562 bits per heavy atom. The van der Waals surface area contributed by atoms with E-state index in [9.17, 15) is 0 Å². The summed E-state index contributed by atoms with van der Waals surface area (Å²) in [7, 11) is 0. The summed E-state index contributed by atoms with van der Waals surface area (Å²) in [5.74, 6) is 2.00. The normalized spacial score (nSPS) is 13.0. The van der Waals surface area contributed by atoms with Gasteiger partial charge in [-0.2, -0.15) is 0 Å². The monoisotopic (exact) mass is 633 g/mol. The van der Waals surface area contributed by atoms with E-state index in [0.717, 1.165) is 62.6 Å². The van der Waals surface area contributed by atoms with Gasteiger partial charge in [0, 0.05) is 42.6 Å². The zero-order valence-electron chi connectivity index (χ0n) is 25.9. The molecule has 5 heteroatoms. The first kappa shape index (κ1) is 27.2. The third kappa shape index (κ3) is 4.32. The van der Waals surface area contributed by atoms with Crippen LogP contribution in [0, 0.1) is 0 Å². The Kier molecular flexibility index (Phi) is 6.14. The number of nitrogens with zero attached hydrogens (tertiary/aromatic N) is 3. The van der Waals surface area contributed by atoms with Crippen molar-refractivity contribution in [2.45, 2.75) is 12.8 Å². The molecule has 0 N–H and O–H groups in total. The van der Waals surface area contributed by atoms with Gasteiger partial charge in [-0.15, -0.1) is 11.3 Å². The molecule has 0 atom stereocenters. The van der Waals surface area contributed by atoms with E-state index in [2.05, 4.69) is 109 Å². The van der Waals surface area contributed by atoms with Crippen LogP contribution in [0.1, 0.15) is 22.7 Å². The topological polar surface area (TPSA) is 51.8 Å². The lowest BCUT2D eigenvalue weighted by molar-refractivity contribution is 0.670. The number of hydrogen-bond donors (Lipinski definition) is 0. The van der Waals surface area contributed by atoms with Gasteiger partial charge in [-0.25, -0.2) is 15.0 Å². The Hall–Kier alpha value is -5.91. The van der Waals surface area contributed by atoms with E-state index < -0.39 is 0 Å². The van der Waals surface area contributed by atoms with Crippen LogP contribution in [0.3, 0.4) is 0 Å². The molecule has 10 rings (SSSR count). The van der Waals surface area contributed by atoms with E-state index in [1.54, 1.807) is 0 Å². The maximum Gasteiger partial charge on any atom is 0.165 e. The predicted molar refractivity (Wildman–Crippen MR) is 198 cm³/mol. The molecule has 0 bridgehead atoms. The average molecular weight is 634 g/mol. The fourth-order valence-electron chi connectivity index (χ4n) is 7.16. The number of aryl methyl sites for hydroxylation is 1. The average Bonchev–Trinajstić information content (AvgIpc) is 3.73. The Morgan fingerprint density at radius 3 is 2.25 bits per heavy atom. The Morgan fingerprint density at radius 2 is 1.31 bits per heavy atom. The van der Waals surface area contributed by atoms with Crippen LogP contribution in [-0.2, 0) is 6.42 Å². The van der Waals surface area contributed by atoms with Crippen LogP contribution < -0.4 is 0 Å². The molecule has 0 amide bonds. The first-order valence-corrected chi connectivity index (χ1v) is 17.1. The highest BCUT2D eigenvalue weighted by Crippen LogP contribution is 2.43. The van der Waals surface area contributed by atoms with Gasteiger partial charge in [-0.05, 0) is 58.3 Å². The van der Waals surface area contributed by atoms with Crippen molar-refractivity contribution in [3.63, 3.8) is 0 Å². The molecule has 0 fully saturated rings. The number of para-hydroxylation sites is 1. The summed E-state index contributed by atoms with van der Waals surface area (Å²) in [6.07, 6.45) is 4.27. The molecule has 1 aliphatic rings. The number of allylic oxidation sites excluding steroid dienone is 1. The van der Waals surface area contributed by atoms with Gasteiger partial charge in [0.15, 0.2) is 17.5 Å². The lowest BCUT2D eigenvalue weighted by Gasteiger charge is -2.15. The van der Waals surface area contributed by atoms with E-state index in [4.69, 9.17) is 19.4 Å². The highest BCUT2D eigenvalue weighted by atomic mass is 32.1. The molecule has 6 aromatic carbocycles. The van der Waals surface area contributed by atoms with E-state index in [1.807, 2.05) is 41.7 Å². The fourth-order valence-corrected chi connectivity index (χ4v) is 8.45. The van der Waals surface area contributed by atoms with Crippen molar-refractivity contribution in [1.29, 1.82) is 0 Å². The lowest BCUT2D eigenvalue weighted by atomic mass is 9.95. The summed E-state index contributed by atoms with van der Waals surface area (Å²) in [5.41, 5.74) is 8.21. The molecule has 48 heavy (non-hydrogen) atoms. The molecule has 0 radical (unpaired) electrons. The molecule has 0 saturated carbocycles. The van der Waals surface area contributed by atoms with Gasteiger partial charge in [-0.1, -0.05) is 121 Å². The third-order valence-corrected chi connectivity index (χ3v) is 10.7. The summed E-state index contributed by atoms with van der Waals surface area (Å²) in [4.78, 5) is 16.8. The molecular formula is C43H27N3OS. The highest BCUT2D eigenvalue weighted by Gasteiger charge is 2.24. The molecule has 3 aromatic heterocycles. The van der Waals surface area contributed by atoms with E-state index in [-0.39, 0.29) is 0 Å². The van der Waals surface area contributed by atoms with Crippen molar-refractivity contribution in [1.82, 2.24) is 15.0 Å². The van der Waals surface area contributed by atoms with Gasteiger partial charge in [0.25, 0.3) is 0 Å². The van der Waals surface area contributed by atoms with Crippen molar-refractivity contribution >= 4 is 59.7 Å². The molecule has 0 spiro atoms. The molecule has 0 unspecified atom stereocenters. The summed E-state index contributed by atoms with van der Waals surface area (Å²) >= 11 is 1.83. The van der Waals surface area contributed by atoms with Gasteiger partial charge in [0.2, 0.25) is 0 Å². The Balaban J connectivity index is 1.19. The second-order valence-electron chi connectivity index (χ2n) is 12.3. The van der Waals surface area contributed by atoms with Crippen LogP contribution in [-0.4, -0.2) is 15.0 Å². The molecule has 0 saturated heterocycles. The second kappa shape index (κ2) is 10.8. The summed E-state index contributed by atoms with van der Waals surface area (Å²) in [5, 5.41) is 5.80. The maximum absolute atomic E-state index is 6.67. The summed E-state index contributed by atoms with van der Waals surface area (Å²) in [6, 6.07) is 46.5. The van der Waals surface area contributed by atoms with E-state index >= 15 is 0 Å². The number of benzene rings is 6. The molecule has 226 valence electrons. The van der Waals surface area contributed by atoms with Crippen molar-refractivity contribution < 1.29 is 4.42 Å². The van der Waals surface area contributed by atoms with Gasteiger partial charge < -0.3 is 4.42 Å². The number of rotatable bonds is 4. The minimum Gasteiger partial charge on any atom is -0.455 e. The Labute approximate surface area is 280 Å². The number of fused-ring (bicyclic) bond motifs is 7. The van der Waals surface area contributed by atoms with E-state index in [0.29, 0.717) is 17.5 Å². The van der Waals surface area contributed by atoms with Gasteiger partial charge in [0.1, 0.15) is 11.2 Å². The largest absolute Gasteiger partial charge is 0.455 e.